The lowest BCUT2D eigenvalue weighted by Gasteiger charge is -2.20. The summed E-state index contributed by atoms with van der Waals surface area (Å²) in [6.45, 7) is 2.38. The Balaban J connectivity index is 2.08. The van der Waals surface area contributed by atoms with E-state index in [9.17, 15) is 0 Å². The van der Waals surface area contributed by atoms with E-state index < -0.39 is 0 Å². The highest BCUT2D eigenvalue weighted by Gasteiger charge is 2.24. The van der Waals surface area contributed by atoms with Crippen LogP contribution < -0.4 is 0 Å². The maximum Gasteiger partial charge on any atom is -0.0193 e. The van der Waals surface area contributed by atoms with E-state index >= 15 is 0 Å². The van der Waals surface area contributed by atoms with Crippen molar-refractivity contribution in [1.82, 2.24) is 0 Å². The van der Waals surface area contributed by atoms with Gasteiger partial charge in [-0.15, -0.1) is 0 Å². The van der Waals surface area contributed by atoms with Crippen LogP contribution in [0, 0.1) is 11.8 Å². The molecule has 2 atom stereocenters. The molecule has 0 nitrogen and oxygen atoms in total. The van der Waals surface area contributed by atoms with Gasteiger partial charge >= 0.3 is 0 Å². The van der Waals surface area contributed by atoms with Gasteiger partial charge in [0.15, 0.2) is 0 Å². The summed E-state index contributed by atoms with van der Waals surface area (Å²) >= 11 is 0. The summed E-state index contributed by atoms with van der Waals surface area (Å²) in [6.07, 6.45) is 8.25. The molecule has 1 saturated carbocycles. The Labute approximate surface area is 57.0 Å². The first-order chi connectivity index (χ1) is 4.34. The zero-order valence-corrected chi connectivity index (χ0v) is 6.06. The third kappa shape index (κ3) is 0.910. The summed E-state index contributed by atoms with van der Waals surface area (Å²) in [5.74, 6) is 1.97. The molecule has 0 saturated heterocycles. The Morgan fingerprint density at radius 3 is 2.89 bits per heavy atom. The fourth-order valence-corrected chi connectivity index (χ4v) is 2.02. The van der Waals surface area contributed by atoms with E-state index in [1.54, 1.807) is 5.57 Å². The van der Waals surface area contributed by atoms with Gasteiger partial charge in [0.1, 0.15) is 0 Å². The van der Waals surface area contributed by atoms with Crippen LogP contribution in [-0.2, 0) is 0 Å². The fraction of sp³-hybridized carbons (Fsp3) is 0.778. The number of hydrogen-bond donors (Lipinski definition) is 0. The van der Waals surface area contributed by atoms with Crippen LogP contribution in [-0.4, -0.2) is 0 Å². The van der Waals surface area contributed by atoms with E-state index in [0.29, 0.717) is 0 Å². The molecule has 3 rings (SSSR count). The van der Waals surface area contributed by atoms with E-state index in [2.05, 4.69) is 13.0 Å². The summed E-state index contributed by atoms with van der Waals surface area (Å²) < 4.78 is 0. The Morgan fingerprint density at radius 1 is 1.33 bits per heavy atom. The predicted molar refractivity (Wildman–Crippen MR) is 39.2 cm³/mol. The van der Waals surface area contributed by atoms with Gasteiger partial charge in [-0.3, -0.25) is 0 Å². The second-order valence-electron chi connectivity index (χ2n) is 3.68. The van der Waals surface area contributed by atoms with Gasteiger partial charge in [0, 0.05) is 0 Å². The van der Waals surface area contributed by atoms with E-state index in [1.807, 2.05) is 0 Å². The molecule has 0 heteroatoms. The van der Waals surface area contributed by atoms with Crippen molar-refractivity contribution in [2.75, 3.05) is 0 Å². The third-order valence-electron chi connectivity index (χ3n) is 2.64. The fourth-order valence-electron chi connectivity index (χ4n) is 2.02. The SMILES string of the molecule is CC1CCC2C=C(C1)C2. The van der Waals surface area contributed by atoms with Crippen molar-refractivity contribution in [1.29, 1.82) is 0 Å². The quantitative estimate of drug-likeness (QED) is 0.433. The topological polar surface area (TPSA) is 0 Å². The van der Waals surface area contributed by atoms with Crippen molar-refractivity contribution in [3.63, 3.8) is 0 Å². The maximum atomic E-state index is 2.49. The molecule has 3 aliphatic rings. The van der Waals surface area contributed by atoms with Crippen LogP contribution in [0.5, 0.6) is 0 Å². The molecule has 1 fully saturated rings. The Morgan fingerprint density at radius 2 is 2.11 bits per heavy atom. The molecule has 2 bridgehead atoms. The molecule has 3 aliphatic carbocycles. The van der Waals surface area contributed by atoms with Crippen LogP contribution in [0.2, 0.25) is 0 Å². The van der Waals surface area contributed by atoms with Crippen molar-refractivity contribution in [2.45, 2.75) is 32.6 Å². The van der Waals surface area contributed by atoms with Crippen molar-refractivity contribution < 1.29 is 0 Å². The lowest BCUT2D eigenvalue weighted by molar-refractivity contribution is 0.504. The van der Waals surface area contributed by atoms with E-state index in [1.165, 1.54) is 25.7 Å². The zero-order valence-electron chi connectivity index (χ0n) is 6.06. The molecule has 0 amide bonds. The summed E-state index contributed by atoms with van der Waals surface area (Å²) in [4.78, 5) is 0. The smallest absolute Gasteiger partial charge is 0.0193 e. The predicted octanol–water partition coefficient (Wildman–Crippen LogP) is 2.75. The Hall–Kier alpha value is -0.260. The molecule has 9 heavy (non-hydrogen) atoms. The van der Waals surface area contributed by atoms with Gasteiger partial charge in [-0.1, -0.05) is 18.6 Å². The molecule has 0 aromatic rings. The second-order valence-corrected chi connectivity index (χ2v) is 3.68. The summed E-state index contributed by atoms with van der Waals surface area (Å²) in [5, 5.41) is 0. The minimum absolute atomic E-state index is 0.976. The number of rotatable bonds is 0. The monoisotopic (exact) mass is 122 g/mol. The Kier molecular flexibility index (Phi) is 1.14. The number of fused-ring (bicyclic) bond motifs is 3. The van der Waals surface area contributed by atoms with Crippen molar-refractivity contribution in [3.8, 4) is 0 Å². The standard InChI is InChI=1S/C9H14/c1-7-2-3-8-5-9(4-7)6-8/h5,7-8H,2-4,6H2,1H3. The first-order valence-electron chi connectivity index (χ1n) is 4.04. The first kappa shape index (κ1) is 5.52. The van der Waals surface area contributed by atoms with E-state index in [4.69, 9.17) is 0 Å². The van der Waals surface area contributed by atoms with Gasteiger partial charge in [-0.25, -0.2) is 0 Å². The first-order valence-corrected chi connectivity index (χ1v) is 4.04. The van der Waals surface area contributed by atoms with Crippen LogP contribution in [0.1, 0.15) is 32.6 Å². The molecular formula is C9H14. The molecule has 0 N–H and O–H groups in total. The molecule has 50 valence electrons. The average Bonchev–Trinajstić information content (AvgIpc) is 1.93. The van der Waals surface area contributed by atoms with Gasteiger partial charge in [0.2, 0.25) is 0 Å². The van der Waals surface area contributed by atoms with Gasteiger partial charge < -0.3 is 0 Å². The largest absolute Gasteiger partial charge is 0.0819 e. The molecule has 0 radical (unpaired) electrons. The van der Waals surface area contributed by atoms with Crippen LogP contribution in [0.3, 0.4) is 0 Å². The van der Waals surface area contributed by atoms with Gasteiger partial charge in [-0.05, 0) is 37.5 Å². The van der Waals surface area contributed by atoms with Crippen LogP contribution in [0.25, 0.3) is 0 Å². The van der Waals surface area contributed by atoms with E-state index in [-0.39, 0.29) is 0 Å². The zero-order chi connectivity index (χ0) is 6.27. The van der Waals surface area contributed by atoms with Crippen molar-refractivity contribution in [2.24, 2.45) is 11.8 Å². The summed E-state index contributed by atoms with van der Waals surface area (Å²) in [6, 6.07) is 0. The van der Waals surface area contributed by atoms with E-state index in [0.717, 1.165) is 11.8 Å². The Bertz CT molecular complexity index is 144. The van der Waals surface area contributed by atoms with Crippen LogP contribution >= 0.6 is 0 Å². The van der Waals surface area contributed by atoms with Gasteiger partial charge in [0.25, 0.3) is 0 Å². The van der Waals surface area contributed by atoms with Gasteiger partial charge in [-0.2, -0.15) is 0 Å². The molecular weight excluding hydrogens is 108 g/mol. The molecule has 0 aromatic heterocycles. The molecule has 0 heterocycles. The average molecular weight is 122 g/mol. The second kappa shape index (κ2) is 1.86. The highest BCUT2D eigenvalue weighted by Crippen LogP contribution is 2.39. The third-order valence-corrected chi connectivity index (χ3v) is 2.64. The minimum Gasteiger partial charge on any atom is -0.0819 e. The van der Waals surface area contributed by atoms with Crippen LogP contribution in [0.15, 0.2) is 11.6 Å². The van der Waals surface area contributed by atoms with Crippen molar-refractivity contribution in [3.05, 3.63) is 11.6 Å². The maximum absolute atomic E-state index is 2.49. The number of hydrogen-bond acceptors (Lipinski definition) is 0. The molecule has 0 spiro atoms. The molecule has 2 unspecified atom stereocenters. The molecule has 0 aromatic carbocycles. The highest BCUT2D eigenvalue weighted by atomic mass is 14.3. The summed E-state index contributed by atoms with van der Waals surface area (Å²) in [7, 11) is 0. The van der Waals surface area contributed by atoms with Crippen LogP contribution in [0.4, 0.5) is 0 Å². The lowest BCUT2D eigenvalue weighted by Crippen LogP contribution is -2.05. The molecule has 0 aliphatic heterocycles. The minimum atomic E-state index is 0.976. The van der Waals surface area contributed by atoms with Crippen molar-refractivity contribution >= 4 is 0 Å². The lowest BCUT2D eigenvalue weighted by atomic mass is 9.85. The normalized spacial score (nSPS) is 40.8. The van der Waals surface area contributed by atoms with Gasteiger partial charge in [0.05, 0.1) is 0 Å². The highest BCUT2D eigenvalue weighted by molar-refractivity contribution is 5.18. The summed E-state index contributed by atoms with van der Waals surface area (Å²) in [5.41, 5.74) is 1.74. The number of allylic oxidation sites excluding steroid dienone is 2.